The number of hydrogen-bond donors (Lipinski definition) is 2. The van der Waals surface area contributed by atoms with Gasteiger partial charge in [0.1, 0.15) is 5.82 Å². The summed E-state index contributed by atoms with van der Waals surface area (Å²) in [5, 5.41) is 11.2. The van der Waals surface area contributed by atoms with Crippen LogP contribution in [0.15, 0.2) is 18.2 Å². The van der Waals surface area contributed by atoms with Crippen molar-refractivity contribution in [2.75, 3.05) is 29.9 Å². The maximum atomic E-state index is 13.5. The third kappa shape index (κ3) is 3.32. The molecule has 0 aromatic heterocycles. The normalized spacial score (nSPS) is 15.9. The van der Waals surface area contributed by atoms with Gasteiger partial charge in [0.15, 0.2) is 0 Å². The van der Waals surface area contributed by atoms with E-state index in [1.54, 1.807) is 0 Å². The monoisotopic (exact) mass is 300 g/mol. The van der Waals surface area contributed by atoms with Crippen molar-refractivity contribution in [3.05, 3.63) is 29.6 Å². The molecule has 1 fully saturated rings. The number of halogens is 1. The van der Waals surface area contributed by atoms with Crippen LogP contribution in [-0.2, 0) is 10.8 Å². The first kappa shape index (κ1) is 14.4. The molecular weight excluding hydrogens is 287 g/mol. The van der Waals surface area contributed by atoms with Crippen molar-refractivity contribution in [1.82, 2.24) is 4.90 Å². The van der Waals surface area contributed by atoms with Gasteiger partial charge in [0.25, 0.3) is 0 Å². The maximum absolute atomic E-state index is 13.5. The van der Waals surface area contributed by atoms with E-state index in [0.29, 0.717) is 24.6 Å². The van der Waals surface area contributed by atoms with Gasteiger partial charge in [-0.05, 0) is 18.2 Å². The molecule has 0 aliphatic carbocycles. The Labute approximate surface area is 117 Å². The molecule has 8 heteroatoms. The van der Waals surface area contributed by atoms with Gasteiger partial charge in [-0.3, -0.25) is 4.21 Å². The highest BCUT2D eigenvalue weighted by atomic mass is 32.2. The summed E-state index contributed by atoms with van der Waals surface area (Å²) in [7, 11) is -0.912. The Kier molecular flexibility index (Phi) is 4.33. The van der Waals surface area contributed by atoms with E-state index in [-0.39, 0.29) is 11.3 Å². The molecule has 1 aliphatic heterocycles. The number of carbonyl (C=O) groups is 2. The molecule has 1 heterocycles. The number of carboxylic acid groups (broad SMARTS) is 1. The Bertz CT molecular complexity index is 569. The summed E-state index contributed by atoms with van der Waals surface area (Å²) in [6, 6.07) is 2.66. The van der Waals surface area contributed by atoms with Crippen molar-refractivity contribution in [2.45, 2.75) is 0 Å². The molecule has 0 saturated carbocycles. The standard InChI is InChI=1S/C12H13FN2O4S/c13-9-2-1-8(11(16)17)7-10(9)14-12(18)15-3-5-20(19)6-4-15/h1-2,7H,3-6H2,(H,14,18)(H,16,17). The Morgan fingerprint density at radius 1 is 1.30 bits per heavy atom. The molecule has 108 valence electrons. The third-order valence-corrected chi connectivity index (χ3v) is 4.20. The third-order valence-electron chi connectivity index (χ3n) is 2.92. The van der Waals surface area contributed by atoms with E-state index < -0.39 is 28.6 Å². The Morgan fingerprint density at radius 2 is 1.95 bits per heavy atom. The molecule has 2 rings (SSSR count). The molecule has 0 radical (unpaired) electrons. The number of anilines is 1. The summed E-state index contributed by atoms with van der Waals surface area (Å²) < 4.78 is 24.7. The van der Waals surface area contributed by atoms with Crippen molar-refractivity contribution in [2.24, 2.45) is 0 Å². The smallest absolute Gasteiger partial charge is 0.335 e. The predicted molar refractivity (Wildman–Crippen MR) is 71.8 cm³/mol. The number of aromatic carboxylic acids is 1. The lowest BCUT2D eigenvalue weighted by atomic mass is 10.2. The van der Waals surface area contributed by atoms with Crippen LogP contribution in [0.5, 0.6) is 0 Å². The number of benzene rings is 1. The molecule has 0 spiro atoms. The fraction of sp³-hybridized carbons (Fsp3) is 0.333. The minimum atomic E-state index is -1.20. The second-order valence-electron chi connectivity index (χ2n) is 4.27. The van der Waals surface area contributed by atoms with E-state index in [9.17, 15) is 18.2 Å². The molecule has 20 heavy (non-hydrogen) atoms. The van der Waals surface area contributed by atoms with Gasteiger partial charge in [0.2, 0.25) is 0 Å². The first-order valence-electron chi connectivity index (χ1n) is 5.91. The van der Waals surface area contributed by atoms with Crippen molar-refractivity contribution in [3.63, 3.8) is 0 Å². The SMILES string of the molecule is O=C(O)c1ccc(F)c(NC(=O)N2CCS(=O)CC2)c1. The predicted octanol–water partition coefficient (Wildman–Crippen LogP) is 1.12. The summed E-state index contributed by atoms with van der Waals surface area (Å²) in [5.74, 6) is -1.12. The van der Waals surface area contributed by atoms with Crippen LogP contribution in [0.4, 0.5) is 14.9 Å². The Balaban J connectivity index is 2.09. The molecule has 6 nitrogen and oxygen atoms in total. The molecule has 1 aromatic rings. The minimum Gasteiger partial charge on any atom is -0.478 e. The van der Waals surface area contributed by atoms with E-state index in [1.165, 1.54) is 4.90 Å². The number of carbonyl (C=O) groups excluding carboxylic acids is 1. The van der Waals surface area contributed by atoms with E-state index in [4.69, 9.17) is 5.11 Å². The molecular formula is C12H13FN2O4S. The summed E-state index contributed by atoms with van der Waals surface area (Å²) in [6.07, 6.45) is 0. The van der Waals surface area contributed by atoms with E-state index in [0.717, 1.165) is 18.2 Å². The van der Waals surface area contributed by atoms with Crippen molar-refractivity contribution < 1.29 is 23.3 Å². The summed E-state index contributed by atoms with van der Waals surface area (Å²) in [6.45, 7) is 0.664. The summed E-state index contributed by atoms with van der Waals surface area (Å²) in [5.41, 5.74) is -0.289. The van der Waals surface area contributed by atoms with E-state index in [2.05, 4.69) is 5.32 Å². The topological polar surface area (TPSA) is 86.7 Å². The van der Waals surface area contributed by atoms with Gasteiger partial charge < -0.3 is 15.3 Å². The fourth-order valence-electron chi connectivity index (χ4n) is 1.79. The lowest BCUT2D eigenvalue weighted by Gasteiger charge is -2.26. The molecule has 1 aromatic carbocycles. The van der Waals surface area contributed by atoms with E-state index >= 15 is 0 Å². The maximum Gasteiger partial charge on any atom is 0.335 e. The molecule has 2 N–H and O–H groups in total. The minimum absolute atomic E-state index is 0.110. The van der Waals surface area contributed by atoms with Gasteiger partial charge in [-0.15, -0.1) is 0 Å². The molecule has 0 unspecified atom stereocenters. The Hall–Kier alpha value is -1.96. The van der Waals surface area contributed by atoms with Crippen LogP contribution in [-0.4, -0.2) is 50.8 Å². The highest BCUT2D eigenvalue weighted by Crippen LogP contribution is 2.17. The molecule has 1 saturated heterocycles. The van der Waals surface area contributed by atoms with Crippen LogP contribution in [0.1, 0.15) is 10.4 Å². The number of hydrogen-bond acceptors (Lipinski definition) is 3. The zero-order valence-corrected chi connectivity index (χ0v) is 11.3. The van der Waals surface area contributed by atoms with Crippen molar-refractivity contribution in [1.29, 1.82) is 0 Å². The van der Waals surface area contributed by atoms with Gasteiger partial charge in [-0.2, -0.15) is 0 Å². The highest BCUT2D eigenvalue weighted by Gasteiger charge is 2.21. The van der Waals surface area contributed by atoms with Gasteiger partial charge in [-0.1, -0.05) is 0 Å². The lowest BCUT2D eigenvalue weighted by Crippen LogP contribution is -2.44. The van der Waals surface area contributed by atoms with Crippen molar-refractivity contribution >= 4 is 28.5 Å². The zero-order valence-electron chi connectivity index (χ0n) is 10.5. The van der Waals surface area contributed by atoms with Gasteiger partial charge in [0.05, 0.1) is 11.3 Å². The molecule has 2 amide bonds. The quantitative estimate of drug-likeness (QED) is 0.857. The van der Waals surface area contributed by atoms with Crippen LogP contribution in [0.3, 0.4) is 0 Å². The number of nitrogens with zero attached hydrogens (tertiary/aromatic N) is 1. The number of urea groups is 1. The van der Waals surface area contributed by atoms with Crippen LogP contribution in [0.2, 0.25) is 0 Å². The number of nitrogens with one attached hydrogen (secondary N) is 1. The summed E-state index contributed by atoms with van der Waals surface area (Å²) >= 11 is 0. The van der Waals surface area contributed by atoms with Gasteiger partial charge >= 0.3 is 12.0 Å². The molecule has 1 aliphatic rings. The second-order valence-corrected chi connectivity index (χ2v) is 5.96. The first-order chi connectivity index (χ1) is 9.47. The lowest BCUT2D eigenvalue weighted by molar-refractivity contribution is 0.0697. The zero-order chi connectivity index (χ0) is 14.7. The van der Waals surface area contributed by atoms with Crippen LogP contribution in [0.25, 0.3) is 0 Å². The average molecular weight is 300 g/mol. The average Bonchev–Trinajstić information content (AvgIpc) is 2.41. The van der Waals surface area contributed by atoms with Gasteiger partial charge in [0, 0.05) is 35.4 Å². The first-order valence-corrected chi connectivity index (χ1v) is 7.40. The largest absolute Gasteiger partial charge is 0.478 e. The van der Waals surface area contributed by atoms with Gasteiger partial charge in [-0.25, -0.2) is 14.0 Å². The molecule has 0 atom stereocenters. The number of amides is 2. The van der Waals surface area contributed by atoms with Crippen molar-refractivity contribution in [3.8, 4) is 0 Å². The Morgan fingerprint density at radius 3 is 2.55 bits per heavy atom. The summed E-state index contributed by atoms with van der Waals surface area (Å²) in [4.78, 5) is 24.1. The highest BCUT2D eigenvalue weighted by molar-refractivity contribution is 7.85. The van der Waals surface area contributed by atoms with Crippen LogP contribution in [0, 0.1) is 5.82 Å². The van der Waals surface area contributed by atoms with E-state index in [1.807, 2.05) is 0 Å². The van der Waals surface area contributed by atoms with Crippen LogP contribution < -0.4 is 5.32 Å². The molecule has 0 bridgehead atoms. The number of rotatable bonds is 2. The fourth-order valence-corrected chi connectivity index (χ4v) is 2.84. The second kappa shape index (κ2) is 6.00. The number of carboxylic acids is 1. The van der Waals surface area contributed by atoms with Crippen LogP contribution >= 0.6 is 0 Å².